The van der Waals surface area contributed by atoms with Gasteiger partial charge in [0.25, 0.3) is 0 Å². The quantitative estimate of drug-likeness (QED) is 0.831. The van der Waals surface area contributed by atoms with E-state index in [9.17, 15) is 5.11 Å². The fourth-order valence-electron chi connectivity index (χ4n) is 3.76. The molecule has 1 saturated heterocycles. The van der Waals surface area contributed by atoms with Crippen molar-refractivity contribution in [2.24, 2.45) is 0 Å². The van der Waals surface area contributed by atoms with Gasteiger partial charge in [0.1, 0.15) is 0 Å². The van der Waals surface area contributed by atoms with Gasteiger partial charge in [-0.25, -0.2) is 0 Å². The van der Waals surface area contributed by atoms with Gasteiger partial charge in [-0.15, -0.1) is 0 Å². The van der Waals surface area contributed by atoms with Gasteiger partial charge in [-0.2, -0.15) is 0 Å². The predicted octanol–water partition coefficient (Wildman–Crippen LogP) is 3.78. The number of rotatable bonds is 4. The second-order valence-electron chi connectivity index (χ2n) is 7.00. The summed E-state index contributed by atoms with van der Waals surface area (Å²) in [5, 5.41) is 13.5. The predicted molar refractivity (Wildman–Crippen MR) is 92.1 cm³/mol. The molecule has 22 heavy (non-hydrogen) atoms. The number of nitrogens with one attached hydrogen (secondary N) is 1. The highest BCUT2D eigenvalue weighted by atomic mass is 16.3. The van der Waals surface area contributed by atoms with Crippen molar-refractivity contribution >= 4 is 5.69 Å². The van der Waals surface area contributed by atoms with Crippen LogP contribution in [0.4, 0.5) is 5.69 Å². The Morgan fingerprint density at radius 3 is 2.36 bits per heavy atom. The summed E-state index contributed by atoms with van der Waals surface area (Å²) in [6.45, 7) is 3.03. The van der Waals surface area contributed by atoms with E-state index in [1.807, 2.05) is 0 Å². The number of aliphatic hydroxyl groups excluding tert-OH is 1. The Bertz CT molecular complexity index is 447. The summed E-state index contributed by atoms with van der Waals surface area (Å²) >= 11 is 0. The smallest absolute Gasteiger partial charge is 0.0564 e. The average molecular weight is 302 g/mol. The zero-order valence-electron chi connectivity index (χ0n) is 13.6. The van der Waals surface area contributed by atoms with Gasteiger partial charge in [0.15, 0.2) is 0 Å². The first-order valence-electron chi connectivity index (χ1n) is 9.06. The van der Waals surface area contributed by atoms with Crippen molar-refractivity contribution < 1.29 is 5.11 Å². The standard InChI is InChI=1S/C19H30N2O/c22-18-11-13-21(14-12-18)15-16-7-5-6-10-19(16)20-17-8-3-1-2-4-9-17/h5-7,10,17-18,20,22H,1-4,8-9,11-15H2. The summed E-state index contributed by atoms with van der Waals surface area (Å²) < 4.78 is 0. The van der Waals surface area contributed by atoms with Gasteiger partial charge < -0.3 is 10.4 Å². The Kier molecular flexibility index (Phi) is 5.74. The second kappa shape index (κ2) is 7.98. The van der Waals surface area contributed by atoms with Crippen molar-refractivity contribution in [1.29, 1.82) is 0 Å². The van der Waals surface area contributed by atoms with Crippen molar-refractivity contribution in [2.45, 2.75) is 70.1 Å². The van der Waals surface area contributed by atoms with Gasteiger partial charge in [0.2, 0.25) is 0 Å². The summed E-state index contributed by atoms with van der Waals surface area (Å²) in [7, 11) is 0. The monoisotopic (exact) mass is 302 g/mol. The molecule has 1 aliphatic carbocycles. The molecule has 1 heterocycles. The molecule has 0 bridgehead atoms. The van der Waals surface area contributed by atoms with Crippen molar-refractivity contribution in [1.82, 2.24) is 4.90 Å². The number of hydrogen-bond donors (Lipinski definition) is 2. The molecule has 3 nitrogen and oxygen atoms in total. The summed E-state index contributed by atoms with van der Waals surface area (Å²) in [5.74, 6) is 0. The van der Waals surface area contributed by atoms with E-state index in [1.54, 1.807) is 0 Å². The lowest BCUT2D eigenvalue weighted by Crippen LogP contribution is -2.35. The summed E-state index contributed by atoms with van der Waals surface area (Å²) in [5.41, 5.74) is 2.73. The number of nitrogens with zero attached hydrogens (tertiary/aromatic N) is 1. The van der Waals surface area contributed by atoms with E-state index in [4.69, 9.17) is 0 Å². The molecule has 2 fully saturated rings. The third-order valence-electron chi connectivity index (χ3n) is 5.18. The minimum absolute atomic E-state index is 0.0874. The summed E-state index contributed by atoms with van der Waals surface area (Å²) in [6.07, 6.45) is 9.89. The lowest BCUT2D eigenvalue weighted by molar-refractivity contribution is 0.0793. The van der Waals surface area contributed by atoms with Crippen molar-refractivity contribution in [3.8, 4) is 0 Å². The number of aliphatic hydroxyl groups is 1. The normalized spacial score (nSPS) is 22.4. The molecular formula is C19H30N2O. The van der Waals surface area contributed by atoms with Crippen LogP contribution in [0.1, 0.15) is 56.9 Å². The molecule has 2 aliphatic rings. The topological polar surface area (TPSA) is 35.5 Å². The van der Waals surface area contributed by atoms with E-state index in [2.05, 4.69) is 34.5 Å². The minimum atomic E-state index is -0.0874. The van der Waals surface area contributed by atoms with Gasteiger partial charge in [0, 0.05) is 31.4 Å². The molecule has 0 spiro atoms. The van der Waals surface area contributed by atoms with Crippen molar-refractivity contribution in [2.75, 3.05) is 18.4 Å². The Morgan fingerprint density at radius 2 is 1.64 bits per heavy atom. The molecule has 122 valence electrons. The fourth-order valence-corrected chi connectivity index (χ4v) is 3.76. The molecule has 0 unspecified atom stereocenters. The van der Waals surface area contributed by atoms with E-state index in [1.165, 1.54) is 49.8 Å². The van der Waals surface area contributed by atoms with Crippen LogP contribution in [0.25, 0.3) is 0 Å². The maximum Gasteiger partial charge on any atom is 0.0564 e. The van der Waals surface area contributed by atoms with Crippen LogP contribution in [0, 0.1) is 0 Å². The van der Waals surface area contributed by atoms with Crippen LogP contribution in [0.3, 0.4) is 0 Å². The van der Waals surface area contributed by atoms with Gasteiger partial charge in [-0.1, -0.05) is 43.9 Å². The van der Waals surface area contributed by atoms with Gasteiger partial charge in [-0.3, -0.25) is 4.90 Å². The minimum Gasteiger partial charge on any atom is -0.393 e. The largest absolute Gasteiger partial charge is 0.393 e. The van der Waals surface area contributed by atoms with Gasteiger partial charge >= 0.3 is 0 Å². The van der Waals surface area contributed by atoms with E-state index in [0.29, 0.717) is 6.04 Å². The highest BCUT2D eigenvalue weighted by molar-refractivity contribution is 5.51. The van der Waals surface area contributed by atoms with Crippen LogP contribution in [0.15, 0.2) is 24.3 Å². The van der Waals surface area contributed by atoms with Crippen LogP contribution in [0.5, 0.6) is 0 Å². The maximum atomic E-state index is 9.65. The maximum absolute atomic E-state index is 9.65. The molecule has 1 saturated carbocycles. The van der Waals surface area contributed by atoms with Gasteiger partial charge in [-0.05, 0) is 37.3 Å². The number of benzene rings is 1. The molecule has 1 aliphatic heterocycles. The van der Waals surface area contributed by atoms with E-state index in [0.717, 1.165) is 32.5 Å². The molecule has 3 heteroatoms. The van der Waals surface area contributed by atoms with Crippen LogP contribution in [-0.4, -0.2) is 35.2 Å². The number of anilines is 1. The van der Waals surface area contributed by atoms with Gasteiger partial charge in [0.05, 0.1) is 6.10 Å². The third-order valence-corrected chi connectivity index (χ3v) is 5.18. The molecule has 0 radical (unpaired) electrons. The number of hydrogen-bond acceptors (Lipinski definition) is 3. The molecular weight excluding hydrogens is 272 g/mol. The first kappa shape index (κ1) is 15.8. The second-order valence-corrected chi connectivity index (χ2v) is 7.00. The summed E-state index contributed by atoms with van der Waals surface area (Å²) in [4.78, 5) is 2.47. The van der Waals surface area contributed by atoms with E-state index >= 15 is 0 Å². The highest BCUT2D eigenvalue weighted by Gasteiger charge is 2.19. The first-order chi connectivity index (χ1) is 10.8. The lowest BCUT2D eigenvalue weighted by Gasteiger charge is -2.30. The van der Waals surface area contributed by atoms with Crippen molar-refractivity contribution in [3.63, 3.8) is 0 Å². The fraction of sp³-hybridized carbons (Fsp3) is 0.684. The van der Waals surface area contributed by atoms with Crippen LogP contribution < -0.4 is 5.32 Å². The Morgan fingerprint density at radius 1 is 0.955 bits per heavy atom. The zero-order valence-corrected chi connectivity index (χ0v) is 13.6. The third kappa shape index (κ3) is 4.47. The van der Waals surface area contributed by atoms with E-state index < -0.39 is 0 Å². The van der Waals surface area contributed by atoms with Crippen molar-refractivity contribution in [3.05, 3.63) is 29.8 Å². The SMILES string of the molecule is OC1CCN(Cc2ccccc2NC2CCCCCC2)CC1. The molecule has 0 amide bonds. The molecule has 1 aromatic carbocycles. The Balaban J connectivity index is 1.61. The zero-order chi connectivity index (χ0) is 15.2. The average Bonchev–Trinajstić information content (AvgIpc) is 2.80. The summed E-state index contributed by atoms with van der Waals surface area (Å²) in [6, 6.07) is 9.42. The number of piperidine rings is 1. The van der Waals surface area contributed by atoms with Crippen LogP contribution >= 0.6 is 0 Å². The Hall–Kier alpha value is -1.06. The molecule has 0 aromatic heterocycles. The number of para-hydroxylation sites is 1. The van der Waals surface area contributed by atoms with Crippen LogP contribution in [-0.2, 0) is 6.54 Å². The molecule has 1 aromatic rings. The molecule has 2 N–H and O–H groups in total. The first-order valence-corrected chi connectivity index (χ1v) is 9.06. The lowest BCUT2D eigenvalue weighted by atomic mass is 10.0. The van der Waals surface area contributed by atoms with E-state index in [-0.39, 0.29) is 6.10 Å². The molecule has 3 rings (SSSR count). The Labute approximate surface area is 134 Å². The molecule has 0 atom stereocenters. The number of likely N-dealkylation sites (tertiary alicyclic amines) is 1. The highest BCUT2D eigenvalue weighted by Crippen LogP contribution is 2.25. The van der Waals surface area contributed by atoms with Crippen LogP contribution in [0.2, 0.25) is 0 Å².